The number of hydrogen-bond acceptors (Lipinski definition) is 7. The van der Waals surface area contributed by atoms with Gasteiger partial charge in [0, 0.05) is 19.3 Å². The van der Waals surface area contributed by atoms with E-state index in [-0.39, 0.29) is 18.8 Å². The molecule has 0 saturated heterocycles. The number of methoxy groups -OCH3 is 2. The topological polar surface area (TPSA) is 98.7 Å². The second-order valence-electron chi connectivity index (χ2n) is 7.56. The van der Waals surface area contributed by atoms with Crippen molar-refractivity contribution < 1.29 is 22.7 Å². The summed E-state index contributed by atoms with van der Waals surface area (Å²) in [7, 11) is -0.900. The van der Waals surface area contributed by atoms with Crippen LogP contribution in [0.15, 0.2) is 60.9 Å². The Hall–Kier alpha value is -3.30. The number of sulfonamides is 1. The highest BCUT2D eigenvalue weighted by Crippen LogP contribution is 2.22. The molecule has 0 saturated carbocycles. The number of rotatable bonds is 10. The number of ether oxygens (including phenoxy) is 2. The predicted octanol–water partition coefficient (Wildman–Crippen LogP) is 3.41. The van der Waals surface area contributed by atoms with Gasteiger partial charge in [-0.25, -0.2) is 13.4 Å². The van der Waals surface area contributed by atoms with Crippen LogP contribution in [0.25, 0.3) is 0 Å². The lowest BCUT2D eigenvalue weighted by Crippen LogP contribution is -2.40. The number of nitrogens with zero attached hydrogens (tertiary/aromatic N) is 3. The minimum Gasteiger partial charge on any atom is -0.497 e. The van der Waals surface area contributed by atoms with E-state index < -0.39 is 21.1 Å². The van der Waals surface area contributed by atoms with Crippen molar-refractivity contribution in [3.63, 3.8) is 0 Å². The summed E-state index contributed by atoms with van der Waals surface area (Å²) in [5, 5.41) is -1.33. The van der Waals surface area contributed by atoms with Gasteiger partial charge in [0.25, 0.3) is 0 Å². The van der Waals surface area contributed by atoms with Crippen LogP contribution >= 0.6 is 0 Å². The van der Waals surface area contributed by atoms with Crippen molar-refractivity contribution in [1.29, 1.82) is 0 Å². The molecule has 1 aromatic heterocycles. The van der Waals surface area contributed by atoms with Crippen molar-refractivity contribution in [3.8, 4) is 11.5 Å². The molecule has 0 aliphatic carbocycles. The summed E-state index contributed by atoms with van der Waals surface area (Å²) < 4.78 is 38.8. The van der Waals surface area contributed by atoms with Gasteiger partial charge >= 0.3 is 0 Å². The van der Waals surface area contributed by atoms with E-state index in [1.165, 1.54) is 23.6 Å². The van der Waals surface area contributed by atoms with Crippen LogP contribution < -0.4 is 9.47 Å². The molecule has 0 aliphatic rings. The number of ketones is 1. The molecule has 174 valence electrons. The Kier molecular flexibility index (Phi) is 7.78. The van der Waals surface area contributed by atoms with Crippen LogP contribution in [0.5, 0.6) is 11.5 Å². The van der Waals surface area contributed by atoms with Crippen LogP contribution in [0.3, 0.4) is 0 Å². The lowest BCUT2D eigenvalue weighted by molar-refractivity contribution is 0.0984. The fourth-order valence-corrected chi connectivity index (χ4v) is 4.69. The van der Waals surface area contributed by atoms with Gasteiger partial charge in [0.05, 0.1) is 26.1 Å². The first-order valence-electron chi connectivity index (χ1n) is 10.3. The van der Waals surface area contributed by atoms with E-state index >= 15 is 0 Å². The minimum absolute atomic E-state index is 0.0190. The molecule has 2 aromatic carbocycles. The molecule has 3 aromatic rings. The zero-order valence-corrected chi connectivity index (χ0v) is 19.9. The lowest BCUT2D eigenvalue weighted by Gasteiger charge is -2.25. The maximum Gasteiger partial charge on any atom is 0.224 e. The van der Waals surface area contributed by atoms with Gasteiger partial charge in [-0.05, 0) is 49.2 Å². The molecule has 1 atom stereocenters. The van der Waals surface area contributed by atoms with Crippen molar-refractivity contribution in [2.75, 3.05) is 14.2 Å². The van der Waals surface area contributed by atoms with Gasteiger partial charge in [-0.15, -0.1) is 0 Å². The number of Topliss-reactive ketones (excluding diaryl/α,β-unsaturated/α-hetero) is 1. The molecular formula is C24H27N3O5S. The van der Waals surface area contributed by atoms with Gasteiger partial charge < -0.3 is 9.47 Å². The quantitative estimate of drug-likeness (QED) is 0.420. The number of benzene rings is 2. The standard InChI is InChI=1S/C24H27N3O5S/c1-17-13-26-23(14-25-17)24(28)18(2)33(29,30)27(15-19-5-9-21(31-3)10-6-19)16-20-7-11-22(32-4)12-8-20/h5-14,18H,15-16H2,1-4H3/t18-/m0/s1. The second kappa shape index (κ2) is 10.5. The van der Waals surface area contributed by atoms with Crippen molar-refractivity contribution in [2.24, 2.45) is 0 Å². The number of aromatic nitrogens is 2. The van der Waals surface area contributed by atoms with E-state index in [4.69, 9.17) is 9.47 Å². The average molecular weight is 470 g/mol. The molecule has 3 rings (SSSR count). The fraction of sp³-hybridized carbons (Fsp3) is 0.292. The molecule has 9 heteroatoms. The maximum atomic E-state index is 13.6. The third-order valence-corrected chi connectivity index (χ3v) is 7.33. The molecule has 0 radical (unpaired) electrons. The molecule has 0 N–H and O–H groups in total. The van der Waals surface area contributed by atoms with Crippen molar-refractivity contribution in [3.05, 3.63) is 83.4 Å². The zero-order chi connectivity index (χ0) is 24.0. The summed E-state index contributed by atoms with van der Waals surface area (Å²) in [5.74, 6) is 0.742. The third-order valence-electron chi connectivity index (χ3n) is 5.25. The Morgan fingerprint density at radius 1 is 0.879 bits per heavy atom. The smallest absolute Gasteiger partial charge is 0.224 e. The molecule has 0 spiro atoms. The van der Waals surface area contributed by atoms with Crippen molar-refractivity contribution in [1.82, 2.24) is 14.3 Å². The highest BCUT2D eigenvalue weighted by molar-refractivity contribution is 7.90. The second-order valence-corrected chi connectivity index (χ2v) is 9.81. The summed E-state index contributed by atoms with van der Waals surface area (Å²) in [6.07, 6.45) is 2.75. The molecule has 0 unspecified atom stereocenters. The number of aryl methyl sites for hydroxylation is 1. The number of carbonyl (C=O) groups is 1. The normalized spacial score (nSPS) is 12.4. The summed E-state index contributed by atoms with van der Waals surface area (Å²) in [5.41, 5.74) is 2.19. The third kappa shape index (κ3) is 5.94. The van der Waals surface area contributed by atoms with E-state index in [9.17, 15) is 13.2 Å². The van der Waals surface area contributed by atoms with Crippen molar-refractivity contribution >= 4 is 15.8 Å². The Morgan fingerprint density at radius 2 is 1.36 bits per heavy atom. The Morgan fingerprint density at radius 3 is 1.76 bits per heavy atom. The van der Waals surface area contributed by atoms with Gasteiger partial charge in [0.15, 0.2) is 0 Å². The Labute approximate surface area is 194 Å². The first-order chi connectivity index (χ1) is 15.7. The average Bonchev–Trinajstić information content (AvgIpc) is 2.84. The van der Waals surface area contributed by atoms with E-state index in [0.717, 1.165) is 11.1 Å². The van der Waals surface area contributed by atoms with E-state index in [0.29, 0.717) is 17.2 Å². The maximum absolute atomic E-state index is 13.6. The first kappa shape index (κ1) is 24.3. The van der Waals surface area contributed by atoms with Gasteiger partial charge in [-0.1, -0.05) is 24.3 Å². The zero-order valence-electron chi connectivity index (χ0n) is 19.1. The van der Waals surface area contributed by atoms with Gasteiger partial charge in [-0.2, -0.15) is 4.31 Å². The predicted molar refractivity (Wildman–Crippen MR) is 125 cm³/mol. The van der Waals surface area contributed by atoms with Gasteiger partial charge in [0.2, 0.25) is 15.8 Å². The largest absolute Gasteiger partial charge is 0.497 e. The molecule has 0 bridgehead atoms. The molecule has 33 heavy (non-hydrogen) atoms. The van der Waals surface area contributed by atoms with Crippen molar-refractivity contribution in [2.45, 2.75) is 32.2 Å². The van der Waals surface area contributed by atoms with Crippen LogP contribution in [0, 0.1) is 6.92 Å². The monoisotopic (exact) mass is 469 g/mol. The molecule has 0 fully saturated rings. The SMILES string of the molecule is COc1ccc(CN(Cc2ccc(OC)cc2)S(=O)(=O)[C@@H](C)C(=O)c2cnc(C)cn2)cc1. The van der Waals surface area contributed by atoms with Crippen LogP contribution in [-0.2, 0) is 23.1 Å². The highest BCUT2D eigenvalue weighted by Gasteiger charge is 2.35. The van der Waals surface area contributed by atoms with Crippen LogP contribution in [0.2, 0.25) is 0 Å². The highest BCUT2D eigenvalue weighted by atomic mass is 32.2. The number of carbonyl (C=O) groups excluding carboxylic acids is 1. The summed E-state index contributed by atoms with van der Waals surface area (Å²) in [6, 6.07) is 14.3. The first-order valence-corrected chi connectivity index (χ1v) is 11.8. The Balaban J connectivity index is 1.91. The van der Waals surface area contributed by atoms with Gasteiger partial charge in [0.1, 0.15) is 22.4 Å². The molecule has 0 aliphatic heterocycles. The fourth-order valence-electron chi connectivity index (χ4n) is 3.19. The summed E-state index contributed by atoms with van der Waals surface area (Å²) in [4.78, 5) is 21.1. The van der Waals surface area contributed by atoms with Crippen LogP contribution in [0.4, 0.5) is 0 Å². The van der Waals surface area contributed by atoms with E-state index in [1.54, 1.807) is 69.7 Å². The van der Waals surface area contributed by atoms with Crippen LogP contribution in [0.1, 0.15) is 34.2 Å². The minimum atomic E-state index is -4.03. The molecule has 1 heterocycles. The van der Waals surface area contributed by atoms with E-state index in [1.807, 2.05) is 0 Å². The molecule has 8 nitrogen and oxygen atoms in total. The van der Waals surface area contributed by atoms with Gasteiger partial charge in [-0.3, -0.25) is 9.78 Å². The summed E-state index contributed by atoms with van der Waals surface area (Å²) in [6.45, 7) is 3.31. The Bertz CT molecular complexity index is 1130. The lowest BCUT2D eigenvalue weighted by atomic mass is 10.2. The number of hydrogen-bond donors (Lipinski definition) is 0. The van der Waals surface area contributed by atoms with E-state index in [2.05, 4.69) is 9.97 Å². The summed E-state index contributed by atoms with van der Waals surface area (Å²) >= 11 is 0. The van der Waals surface area contributed by atoms with Crippen LogP contribution in [-0.4, -0.2) is 47.9 Å². The molecule has 0 amide bonds. The molecular weight excluding hydrogens is 442 g/mol.